The number of hydrogen-bond acceptors (Lipinski definition) is 4. The molecular formula is C10H20N2O4. The van der Waals surface area contributed by atoms with E-state index in [2.05, 4.69) is 5.32 Å². The Morgan fingerprint density at radius 3 is 2.56 bits per heavy atom. The Balaban J connectivity index is 3.51. The largest absolute Gasteiger partial charge is 0.481 e. The van der Waals surface area contributed by atoms with Gasteiger partial charge in [0.05, 0.1) is 13.0 Å². The molecule has 0 aliphatic carbocycles. The fourth-order valence-corrected chi connectivity index (χ4v) is 1.08. The summed E-state index contributed by atoms with van der Waals surface area (Å²) in [5.41, 5.74) is 0. The summed E-state index contributed by atoms with van der Waals surface area (Å²) in [6.45, 7) is 2.63. The molecule has 6 heteroatoms. The first-order valence-electron chi connectivity index (χ1n) is 5.23. The van der Waals surface area contributed by atoms with E-state index in [0.717, 1.165) is 6.54 Å². The van der Waals surface area contributed by atoms with Gasteiger partial charge in [0.1, 0.15) is 0 Å². The third-order valence-electron chi connectivity index (χ3n) is 2.09. The first-order chi connectivity index (χ1) is 7.57. The molecular weight excluding hydrogens is 212 g/mol. The van der Waals surface area contributed by atoms with Crippen LogP contribution < -0.4 is 5.32 Å². The first kappa shape index (κ1) is 14.9. The van der Waals surface area contributed by atoms with Crippen LogP contribution in [0.2, 0.25) is 0 Å². The second-order valence-electron chi connectivity index (χ2n) is 3.45. The molecule has 0 saturated heterocycles. The molecule has 0 aromatic heterocycles. The predicted molar refractivity (Wildman–Crippen MR) is 59.3 cm³/mol. The summed E-state index contributed by atoms with van der Waals surface area (Å²) in [5, 5.41) is 11.5. The van der Waals surface area contributed by atoms with E-state index in [1.54, 1.807) is 14.2 Å². The summed E-state index contributed by atoms with van der Waals surface area (Å²) < 4.78 is 4.85. The van der Waals surface area contributed by atoms with Gasteiger partial charge in [0.15, 0.2) is 0 Å². The highest BCUT2D eigenvalue weighted by atomic mass is 16.5. The Hall–Kier alpha value is -1.14. The molecule has 0 aromatic carbocycles. The van der Waals surface area contributed by atoms with Crippen molar-refractivity contribution in [2.24, 2.45) is 0 Å². The minimum Gasteiger partial charge on any atom is -0.481 e. The van der Waals surface area contributed by atoms with Crippen LogP contribution in [0.15, 0.2) is 0 Å². The zero-order valence-corrected chi connectivity index (χ0v) is 9.86. The number of nitrogens with one attached hydrogen (secondary N) is 1. The summed E-state index contributed by atoms with van der Waals surface area (Å²) in [4.78, 5) is 23.2. The zero-order chi connectivity index (χ0) is 12.4. The molecule has 0 bridgehead atoms. The maximum atomic E-state index is 11.4. The van der Waals surface area contributed by atoms with Gasteiger partial charge < -0.3 is 20.1 Å². The van der Waals surface area contributed by atoms with Crippen molar-refractivity contribution in [3.05, 3.63) is 0 Å². The zero-order valence-electron chi connectivity index (χ0n) is 9.86. The molecule has 0 radical (unpaired) electrons. The van der Waals surface area contributed by atoms with Gasteiger partial charge in [0.2, 0.25) is 5.91 Å². The molecule has 94 valence electrons. The standard InChI is InChI=1S/C10H20N2O4/c1-12(7-5-11-6-8-16-2)9(13)3-4-10(14)15/h11H,3-8H2,1-2H3,(H,14,15). The lowest BCUT2D eigenvalue weighted by atomic mass is 10.3. The number of carboxylic acids is 1. The summed E-state index contributed by atoms with van der Waals surface area (Å²) in [7, 11) is 3.30. The van der Waals surface area contributed by atoms with Crippen LogP contribution in [0.5, 0.6) is 0 Å². The molecule has 0 saturated carbocycles. The molecule has 0 atom stereocenters. The van der Waals surface area contributed by atoms with Crippen LogP contribution in [0, 0.1) is 0 Å². The number of carbonyl (C=O) groups excluding carboxylic acids is 1. The van der Waals surface area contributed by atoms with Crippen molar-refractivity contribution >= 4 is 11.9 Å². The van der Waals surface area contributed by atoms with Crippen LogP contribution >= 0.6 is 0 Å². The Morgan fingerprint density at radius 2 is 2.00 bits per heavy atom. The summed E-state index contributed by atoms with van der Waals surface area (Å²) in [6.07, 6.45) is -0.0514. The Labute approximate surface area is 95.6 Å². The molecule has 0 rings (SSSR count). The normalized spacial score (nSPS) is 10.1. The number of nitrogens with zero attached hydrogens (tertiary/aromatic N) is 1. The number of rotatable bonds is 9. The number of likely N-dealkylation sites (N-methyl/N-ethyl adjacent to an activating group) is 1. The maximum Gasteiger partial charge on any atom is 0.303 e. The highest BCUT2D eigenvalue weighted by Gasteiger charge is 2.09. The minimum atomic E-state index is -0.944. The van der Waals surface area contributed by atoms with Crippen LogP contribution in [-0.2, 0) is 14.3 Å². The van der Waals surface area contributed by atoms with Crippen LogP contribution in [-0.4, -0.2) is 62.3 Å². The molecule has 0 aliphatic heterocycles. The fourth-order valence-electron chi connectivity index (χ4n) is 1.08. The molecule has 1 amide bonds. The Morgan fingerprint density at radius 1 is 1.31 bits per heavy atom. The number of hydrogen-bond donors (Lipinski definition) is 2. The van der Waals surface area contributed by atoms with Crippen LogP contribution in [0.3, 0.4) is 0 Å². The number of ether oxygens (including phenoxy) is 1. The van der Waals surface area contributed by atoms with Crippen LogP contribution in [0.25, 0.3) is 0 Å². The lowest BCUT2D eigenvalue weighted by Gasteiger charge is -2.16. The smallest absolute Gasteiger partial charge is 0.303 e. The van der Waals surface area contributed by atoms with E-state index >= 15 is 0 Å². The number of carbonyl (C=O) groups is 2. The number of amides is 1. The average Bonchev–Trinajstić information content (AvgIpc) is 2.25. The molecule has 0 aliphatic rings. The van der Waals surface area contributed by atoms with Crippen LogP contribution in [0.1, 0.15) is 12.8 Å². The van der Waals surface area contributed by atoms with Gasteiger partial charge in [-0.15, -0.1) is 0 Å². The SMILES string of the molecule is COCCNCCN(C)C(=O)CCC(=O)O. The van der Waals surface area contributed by atoms with Crippen molar-refractivity contribution in [1.29, 1.82) is 0 Å². The van der Waals surface area contributed by atoms with Gasteiger partial charge in [-0.25, -0.2) is 0 Å². The highest BCUT2D eigenvalue weighted by Crippen LogP contribution is 1.94. The van der Waals surface area contributed by atoms with E-state index in [1.165, 1.54) is 4.90 Å². The monoisotopic (exact) mass is 232 g/mol. The second-order valence-corrected chi connectivity index (χ2v) is 3.45. The van der Waals surface area contributed by atoms with Crippen molar-refractivity contribution in [1.82, 2.24) is 10.2 Å². The van der Waals surface area contributed by atoms with Gasteiger partial charge in [0.25, 0.3) is 0 Å². The molecule has 16 heavy (non-hydrogen) atoms. The Kier molecular flexibility index (Phi) is 8.46. The van der Waals surface area contributed by atoms with E-state index in [0.29, 0.717) is 19.7 Å². The van der Waals surface area contributed by atoms with Gasteiger partial charge >= 0.3 is 5.97 Å². The molecule has 2 N–H and O–H groups in total. The minimum absolute atomic E-state index is 0.0594. The summed E-state index contributed by atoms with van der Waals surface area (Å²) in [6, 6.07) is 0. The predicted octanol–water partition coefficient (Wildman–Crippen LogP) is -0.454. The molecule has 0 unspecified atom stereocenters. The fraction of sp³-hybridized carbons (Fsp3) is 0.800. The second kappa shape index (κ2) is 9.11. The third kappa shape index (κ3) is 8.19. The molecule has 6 nitrogen and oxygen atoms in total. The van der Waals surface area contributed by atoms with E-state index in [-0.39, 0.29) is 18.7 Å². The Bertz CT molecular complexity index is 221. The summed E-state index contributed by atoms with van der Waals surface area (Å²) in [5.74, 6) is -1.09. The topological polar surface area (TPSA) is 78.9 Å². The van der Waals surface area contributed by atoms with Gasteiger partial charge in [0, 0.05) is 40.2 Å². The molecule has 0 spiro atoms. The van der Waals surface area contributed by atoms with Crippen molar-refractivity contribution in [3.63, 3.8) is 0 Å². The van der Waals surface area contributed by atoms with E-state index in [4.69, 9.17) is 9.84 Å². The molecule has 0 heterocycles. The molecule has 0 fully saturated rings. The summed E-state index contributed by atoms with van der Waals surface area (Å²) >= 11 is 0. The first-order valence-corrected chi connectivity index (χ1v) is 5.23. The van der Waals surface area contributed by atoms with Gasteiger partial charge in [-0.2, -0.15) is 0 Å². The number of methoxy groups -OCH3 is 1. The van der Waals surface area contributed by atoms with E-state index in [1.807, 2.05) is 0 Å². The van der Waals surface area contributed by atoms with Crippen molar-refractivity contribution in [2.75, 3.05) is 40.4 Å². The average molecular weight is 232 g/mol. The maximum absolute atomic E-state index is 11.4. The lowest BCUT2D eigenvalue weighted by molar-refractivity contribution is -0.140. The van der Waals surface area contributed by atoms with Gasteiger partial charge in [-0.05, 0) is 0 Å². The highest BCUT2D eigenvalue weighted by molar-refractivity contribution is 5.80. The quantitative estimate of drug-likeness (QED) is 0.526. The van der Waals surface area contributed by atoms with Crippen molar-refractivity contribution < 1.29 is 19.4 Å². The van der Waals surface area contributed by atoms with Crippen molar-refractivity contribution in [2.45, 2.75) is 12.8 Å². The van der Waals surface area contributed by atoms with Crippen molar-refractivity contribution in [3.8, 4) is 0 Å². The van der Waals surface area contributed by atoms with E-state index in [9.17, 15) is 9.59 Å². The lowest BCUT2D eigenvalue weighted by Crippen LogP contribution is -2.34. The number of carboxylic acid groups (broad SMARTS) is 1. The third-order valence-corrected chi connectivity index (χ3v) is 2.09. The van der Waals surface area contributed by atoms with E-state index < -0.39 is 5.97 Å². The van der Waals surface area contributed by atoms with Crippen LogP contribution in [0.4, 0.5) is 0 Å². The molecule has 0 aromatic rings. The van der Waals surface area contributed by atoms with Gasteiger partial charge in [-0.1, -0.05) is 0 Å². The van der Waals surface area contributed by atoms with Gasteiger partial charge in [-0.3, -0.25) is 9.59 Å². The number of aliphatic carboxylic acids is 1.